The molecule has 4 rings (SSSR count). The van der Waals surface area contributed by atoms with Crippen LogP contribution in [0.4, 0.5) is 5.69 Å². The molecule has 2 aromatic carbocycles. The average Bonchev–Trinajstić information content (AvgIpc) is 3.15. The van der Waals surface area contributed by atoms with Crippen molar-refractivity contribution in [2.24, 2.45) is 5.92 Å². The highest BCUT2D eigenvalue weighted by molar-refractivity contribution is 7.93. The first-order chi connectivity index (χ1) is 16.1. The van der Waals surface area contributed by atoms with Crippen molar-refractivity contribution in [2.45, 2.75) is 50.8 Å². The number of ether oxygens (including phenoxy) is 1. The summed E-state index contributed by atoms with van der Waals surface area (Å²) in [6.45, 7) is 3.34. The number of anilines is 1. The number of aryl methyl sites for hydroxylation is 2. The number of amides is 1. The molecule has 9 heteroatoms. The summed E-state index contributed by atoms with van der Waals surface area (Å²) in [5, 5.41) is 0.813. The molecule has 180 valence electrons. The van der Waals surface area contributed by atoms with E-state index in [1.807, 2.05) is 0 Å². The minimum atomic E-state index is -4.26. The third kappa shape index (κ3) is 4.32. The summed E-state index contributed by atoms with van der Waals surface area (Å²) < 4.78 is 39.1. The quantitative estimate of drug-likeness (QED) is 0.409. The van der Waals surface area contributed by atoms with E-state index in [-0.39, 0.29) is 16.1 Å². The molecule has 1 aliphatic carbocycles. The van der Waals surface area contributed by atoms with Crippen molar-refractivity contribution in [3.05, 3.63) is 58.3 Å². The maximum atomic E-state index is 13.8. The van der Waals surface area contributed by atoms with E-state index < -0.39 is 27.8 Å². The van der Waals surface area contributed by atoms with Crippen molar-refractivity contribution in [3.63, 3.8) is 0 Å². The van der Waals surface area contributed by atoms with E-state index >= 15 is 0 Å². The van der Waals surface area contributed by atoms with E-state index in [4.69, 9.17) is 20.8 Å². The van der Waals surface area contributed by atoms with E-state index in [9.17, 15) is 18.0 Å². The van der Waals surface area contributed by atoms with Crippen LogP contribution in [-0.2, 0) is 19.6 Å². The maximum absolute atomic E-state index is 13.8. The maximum Gasteiger partial charge on any atom is 0.342 e. The van der Waals surface area contributed by atoms with E-state index in [1.54, 1.807) is 19.9 Å². The Kier molecular flexibility index (Phi) is 6.73. The second-order valence-corrected chi connectivity index (χ2v) is 10.8. The molecule has 0 bridgehead atoms. The zero-order valence-corrected chi connectivity index (χ0v) is 20.8. The Morgan fingerprint density at radius 2 is 1.76 bits per heavy atom. The number of hydrogen-bond donors (Lipinski definition) is 0. The number of hydrogen-bond acceptors (Lipinski definition) is 6. The molecule has 1 heterocycles. The minimum Gasteiger partial charge on any atom is -0.465 e. The van der Waals surface area contributed by atoms with Gasteiger partial charge in [0, 0.05) is 16.3 Å². The number of esters is 1. The number of carbonyl (C=O) groups is 2. The van der Waals surface area contributed by atoms with Crippen LogP contribution in [0, 0.1) is 19.8 Å². The molecule has 0 radical (unpaired) electrons. The van der Waals surface area contributed by atoms with Crippen LogP contribution in [0.2, 0.25) is 5.02 Å². The fourth-order valence-corrected chi connectivity index (χ4v) is 6.14. The topological polar surface area (TPSA) is 93.9 Å². The number of carbonyl (C=O) groups excluding carboxylic acids is 2. The Bertz CT molecular complexity index is 1370. The fourth-order valence-electron chi connectivity index (χ4n) is 4.47. The van der Waals surface area contributed by atoms with Gasteiger partial charge in [0.1, 0.15) is 16.9 Å². The zero-order chi connectivity index (χ0) is 24.6. The number of benzene rings is 2. The van der Waals surface area contributed by atoms with Gasteiger partial charge in [0.15, 0.2) is 0 Å². The number of nitrogens with zero attached hydrogens (tertiary/aromatic N) is 1. The van der Waals surface area contributed by atoms with E-state index in [1.165, 1.54) is 37.4 Å². The van der Waals surface area contributed by atoms with Crippen molar-refractivity contribution in [1.82, 2.24) is 0 Å². The number of methoxy groups -OCH3 is 1. The summed E-state index contributed by atoms with van der Waals surface area (Å²) in [7, 11) is -3.00. The molecule has 1 saturated carbocycles. The third-order valence-electron chi connectivity index (χ3n) is 6.29. The van der Waals surface area contributed by atoms with Crippen LogP contribution in [0.5, 0.6) is 0 Å². The second kappa shape index (κ2) is 9.43. The van der Waals surface area contributed by atoms with Gasteiger partial charge in [-0.3, -0.25) is 4.79 Å². The molecule has 1 aromatic heterocycles. The Balaban J connectivity index is 1.90. The number of fused-ring (bicyclic) bond motifs is 1. The van der Waals surface area contributed by atoms with Gasteiger partial charge < -0.3 is 9.15 Å². The SMILES string of the molecule is COC(=O)c1c(C)oc2ccc(N(C(=O)C3CCCCC3)S(=O)(=O)c3ccc(Cl)c(C)c3)cc12. The van der Waals surface area contributed by atoms with Crippen molar-refractivity contribution >= 4 is 50.2 Å². The van der Waals surface area contributed by atoms with E-state index in [0.29, 0.717) is 40.2 Å². The van der Waals surface area contributed by atoms with E-state index in [2.05, 4.69) is 0 Å². The lowest BCUT2D eigenvalue weighted by molar-refractivity contribution is -0.122. The van der Waals surface area contributed by atoms with Gasteiger partial charge in [-0.2, -0.15) is 0 Å². The van der Waals surface area contributed by atoms with Gasteiger partial charge in [-0.15, -0.1) is 0 Å². The van der Waals surface area contributed by atoms with Crippen LogP contribution in [0.15, 0.2) is 45.7 Å². The third-order valence-corrected chi connectivity index (χ3v) is 8.44. The Hall–Kier alpha value is -2.84. The number of sulfonamides is 1. The monoisotopic (exact) mass is 503 g/mol. The lowest BCUT2D eigenvalue weighted by Gasteiger charge is -2.29. The van der Waals surface area contributed by atoms with Crippen molar-refractivity contribution in [2.75, 3.05) is 11.4 Å². The van der Waals surface area contributed by atoms with Gasteiger partial charge in [0.25, 0.3) is 10.0 Å². The number of furan rings is 1. The van der Waals surface area contributed by atoms with Crippen LogP contribution in [0.3, 0.4) is 0 Å². The molecule has 0 N–H and O–H groups in total. The predicted octanol–water partition coefficient (Wildman–Crippen LogP) is 5.79. The van der Waals surface area contributed by atoms with Gasteiger partial charge in [-0.05, 0) is 68.7 Å². The molecule has 0 atom stereocenters. The molecular weight excluding hydrogens is 478 g/mol. The first-order valence-corrected chi connectivity index (χ1v) is 12.9. The summed E-state index contributed by atoms with van der Waals surface area (Å²) >= 11 is 6.11. The molecule has 0 saturated heterocycles. The van der Waals surface area contributed by atoms with Crippen molar-refractivity contribution in [3.8, 4) is 0 Å². The van der Waals surface area contributed by atoms with Gasteiger partial charge in [0.2, 0.25) is 5.91 Å². The van der Waals surface area contributed by atoms with Crippen LogP contribution in [0.25, 0.3) is 11.0 Å². The minimum absolute atomic E-state index is 0.0322. The molecule has 0 unspecified atom stereocenters. The molecule has 34 heavy (non-hydrogen) atoms. The highest BCUT2D eigenvalue weighted by Crippen LogP contribution is 2.35. The Morgan fingerprint density at radius 1 is 1.06 bits per heavy atom. The standard InChI is InChI=1S/C25H26ClNO6S/c1-15-13-19(10-11-21(15)26)34(30,31)27(24(28)17-7-5-4-6-8-17)18-9-12-22-20(14-18)23(16(2)33-22)25(29)32-3/h9-14,17H,4-8H2,1-3H3. The van der Waals surface area contributed by atoms with E-state index in [0.717, 1.165) is 23.6 Å². The molecule has 1 aliphatic rings. The normalized spacial score (nSPS) is 14.8. The second-order valence-electron chi connectivity index (χ2n) is 8.56. The molecule has 3 aromatic rings. The predicted molar refractivity (Wildman–Crippen MR) is 130 cm³/mol. The largest absolute Gasteiger partial charge is 0.465 e. The lowest BCUT2D eigenvalue weighted by atomic mass is 9.88. The Labute approximate surface area is 203 Å². The highest BCUT2D eigenvalue weighted by Gasteiger charge is 2.36. The molecule has 1 fully saturated rings. The van der Waals surface area contributed by atoms with Crippen LogP contribution in [0.1, 0.15) is 53.8 Å². The summed E-state index contributed by atoms with van der Waals surface area (Å²) in [5.74, 6) is -1.14. The molecule has 1 amide bonds. The first-order valence-electron chi connectivity index (χ1n) is 11.1. The summed E-state index contributed by atoms with van der Waals surface area (Å²) in [5.41, 5.74) is 1.32. The summed E-state index contributed by atoms with van der Waals surface area (Å²) in [4.78, 5) is 26.0. The molecule has 0 spiro atoms. The van der Waals surface area contributed by atoms with Gasteiger partial charge in [0.05, 0.1) is 17.7 Å². The number of halogens is 1. The number of rotatable bonds is 5. The van der Waals surface area contributed by atoms with Gasteiger partial charge in [-0.25, -0.2) is 17.5 Å². The van der Waals surface area contributed by atoms with Crippen molar-refractivity contribution in [1.29, 1.82) is 0 Å². The summed E-state index contributed by atoms with van der Waals surface area (Å²) in [6.07, 6.45) is 4.03. The highest BCUT2D eigenvalue weighted by atomic mass is 35.5. The van der Waals surface area contributed by atoms with Gasteiger partial charge in [-0.1, -0.05) is 30.9 Å². The fraction of sp³-hybridized carbons (Fsp3) is 0.360. The zero-order valence-electron chi connectivity index (χ0n) is 19.3. The molecule has 0 aliphatic heterocycles. The molecule has 7 nitrogen and oxygen atoms in total. The molecular formula is C25H26ClNO6S. The first kappa shape index (κ1) is 24.3. The van der Waals surface area contributed by atoms with Crippen LogP contribution >= 0.6 is 11.6 Å². The van der Waals surface area contributed by atoms with Crippen LogP contribution < -0.4 is 4.31 Å². The average molecular weight is 504 g/mol. The lowest BCUT2D eigenvalue weighted by Crippen LogP contribution is -2.41. The van der Waals surface area contributed by atoms with Crippen molar-refractivity contribution < 1.29 is 27.2 Å². The summed E-state index contributed by atoms with van der Waals surface area (Å²) in [6, 6.07) is 8.94. The Morgan fingerprint density at radius 3 is 2.41 bits per heavy atom. The smallest absolute Gasteiger partial charge is 0.342 e. The van der Waals surface area contributed by atoms with Gasteiger partial charge >= 0.3 is 5.97 Å². The van der Waals surface area contributed by atoms with Crippen LogP contribution in [-0.4, -0.2) is 27.4 Å².